The zero-order valence-corrected chi connectivity index (χ0v) is 11.9. The summed E-state index contributed by atoms with van der Waals surface area (Å²) in [6, 6.07) is 7.43. The minimum absolute atomic E-state index is 0.166. The van der Waals surface area contributed by atoms with Crippen molar-refractivity contribution in [3.05, 3.63) is 40.4 Å². The van der Waals surface area contributed by atoms with E-state index in [1.54, 1.807) is 7.11 Å². The van der Waals surface area contributed by atoms with Crippen LogP contribution in [0.4, 0.5) is 0 Å². The minimum atomic E-state index is -1.19. The largest absolute Gasteiger partial charge is 0.476 e. The van der Waals surface area contributed by atoms with Crippen LogP contribution in [0.15, 0.2) is 24.3 Å². The minimum Gasteiger partial charge on any atom is -0.476 e. The van der Waals surface area contributed by atoms with E-state index in [1.165, 1.54) is 6.92 Å². The molecule has 0 saturated heterocycles. The summed E-state index contributed by atoms with van der Waals surface area (Å²) in [5, 5.41) is 9.63. The van der Waals surface area contributed by atoms with E-state index in [2.05, 4.69) is 4.98 Å². The zero-order chi connectivity index (χ0) is 14.7. The smallest absolute Gasteiger partial charge is 0.356 e. The van der Waals surface area contributed by atoms with Gasteiger partial charge in [-0.15, -0.1) is 11.3 Å². The SMILES string of the molecule is COCc1ccccc1-c1nc(C(=O)O)c(C(C)=O)s1. The normalized spacial score (nSPS) is 10.5. The highest BCUT2D eigenvalue weighted by Crippen LogP contribution is 2.31. The van der Waals surface area contributed by atoms with Gasteiger partial charge >= 0.3 is 5.97 Å². The molecular formula is C14H13NO4S. The fraction of sp³-hybridized carbons (Fsp3) is 0.214. The summed E-state index contributed by atoms with van der Waals surface area (Å²) < 4.78 is 5.12. The average Bonchev–Trinajstić information content (AvgIpc) is 2.85. The number of carboxylic acid groups (broad SMARTS) is 1. The summed E-state index contributed by atoms with van der Waals surface area (Å²) >= 11 is 1.09. The van der Waals surface area contributed by atoms with Crippen molar-refractivity contribution >= 4 is 23.1 Å². The summed E-state index contributed by atoms with van der Waals surface area (Å²) in [4.78, 5) is 26.9. The third kappa shape index (κ3) is 2.76. The molecule has 1 aromatic carbocycles. The van der Waals surface area contributed by atoms with Gasteiger partial charge in [0.1, 0.15) is 9.88 Å². The lowest BCUT2D eigenvalue weighted by atomic mass is 10.1. The molecule has 2 aromatic rings. The maximum atomic E-state index is 11.5. The Morgan fingerprint density at radius 3 is 2.60 bits per heavy atom. The van der Waals surface area contributed by atoms with Crippen LogP contribution in [0.5, 0.6) is 0 Å². The van der Waals surface area contributed by atoms with Crippen LogP contribution in [0.25, 0.3) is 10.6 Å². The number of methoxy groups -OCH3 is 1. The number of thiazole rings is 1. The Morgan fingerprint density at radius 1 is 1.35 bits per heavy atom. The van der Waals surface area contributed by atoms with Gasteiger partial charge in [0.25, 0.3) is 0 Å². The summed E-state index contributed by atoms with van der Waals surface area (Å²) in [5.74, 6) is -1.49. The first kappa shape index (κ1) is 14.4. The average molecular weight is 291 g/mol. The van der Waals surface area contributed by atoms with Crippen LogP contribution in [0.1, 0.15) is 32.6 Å². The Kier molecular flexibility index (Phi) is 4.26. The van der Waals surface area contributed by atoms with Crippen molar-refractivity contribution in [2.45, 2.75) is 13.5 Å². The maximum absolute atomic E-state index is 11.5. The van der Waals surface area contributed by atoms with Crippen LogP contribution in [-0.4, -0.2) is 29.0 Å². The Balaban J connectivity index is 2.56. The summed E-state index contributed by atoms with van der Waals surface area (Å²) in [7, 11) is 1.59. The number of aromatic carboxylic acids is 1. The number of carboxylic acids is 1. The van der Waals surface area contributed by atoms with Crippen molar-refractivity contribution < 1.29 is 19.4 Å². The highest BCUT2D eigenvalue weighted by Gasteiger charge is 2.22. The topological polar surface area (TPSA) is 76.5 Å². The number of hydrogen-bond donors (Lipinski definition) is 1. The first-order valence-electron chi connectivity index (χ1n) is 5.87. The van der Waals surface area contributed by atoms with Crippen LogP contribution in [0, 0.1) is 0 Å². The van der Waals surface area contributed by atoms with Crippen molar-refractivity contribution in [2.75, 3.05) is 7.11 Å². The summed E-state index contributed by atoms with van der Waals surface area (Å²) in [5.41, 5.74) is 1.50. The number of carbonyl (C=O) groups is 2. The van der Waals surface area contributed by atoms with E-state index in [0.29, 0.717) is 11.6 Å². The number of ether oxygens (including phenoxy) is 1. The Bertz CT molecular complexity index is 631. The van der Waals surface area contributed by atoms with Crippen LogP contribution in [0.2, 0.25) is 0 Å². The van der Waals surface area contributed by atoms with Crippen LogP contribution >= 0.6 is 11.3 Å². The fourth-order valence-corrected chi connectivity index (χ4v) is 2.84. The van der Waals surface area contributed by atoms with Gasteiger partial charge in [-0.1, -0.05) is 24.3 Å². The molecule has 5 nitrogen and oxygen atoms in total. The lowest BCUT2D eigenvalue weighted by Crippen LogP contribution is -2.03. The number of carbonyl (C=O) groups excluding carboxylic acids is 1. The predicted octanol–water partition coefficient (Wildman–Crippen LogP) is 2.86. The van der Waals surface area contributed by atoms with Gasteiger partial charge in [0, 0.05) is 19.6 Å². The number of aromatic nitrogens is 1. The van der Waals surface area contributed by atoms with E-state index in [9.17, 15) is 9.59 Å². The molecule has 0 saturated carbocycles. The molecule has 0 radical (unpaired) electrons. The van der Waals surface area contributed by atoms with Gasteiger partial charge in [0.15, 0.2) is 11.5 Å². The number of Topliss-reactive ketones (excluding diaryl/α,β-unsaturated/α-hetero) is 1. The first-order chi connectivity index (χ1) is 9.54. The molecule has 2 rings (SSSR count). The molecule has 1 heterocycles. The van der Waals surface area contributed by atoms with Gasteiger partial charge < -0.3 is 9.84 Å². The van der Waals surface area contributed by atoms with Crippen LogP contribution < -0.4 is 0 Å². The Labute approximate surface area is 119 Å². The van der Waals surface area contributed by atoms with Crippen LogP contribution in [-0.2, 0) is 11.3 Å². The fourth-order valence-electron chi connectivity index (χ4n) is 1.83. The molecule has 0 aliphatic carbocycles. The van der Waals surface area contributed by atoms with Gasteiger partial charge in [-0.25, -0.2) is 9.78 Å². The monoisotopic (exact) mass is 291 g/mol. The van der Waals surface area contributed by atoms with E-state index in [0.717, 1.165) is 22.5 Å². The van der Waals surface area contributed by atoms with Gasteiger partial charge in [-0.05, 0) is 5.56 Å². The molecule has 6 heteroatoms. The van der Waals surface area contributed by atoms with Gasteiger partial charge in [0.2, 0.25) is 0 Å². The number of rotatable bonds is 5. The standard InChI is InChI=1S/C14H13NO4S/c1-8(16)12-11(14(17)18)15-13(20-12)10-6-4-3-5-9(10)7-19-2/h3-6H,7H2,1-2H3,(H,17,18). The van der Waals surface area contributed by atoms with Gasteiger partial charge in [-0.3, -0.25) is 4.79 Å². The van der Waals surface area contributed by atoms with E-state index in [4.69, 9.17) is 9.84 Å². The molecule has 0 bridgehead atoms. The van der Waals surface area contributed by atoms with Crippen LogP contribution in [0.3, 0.4) is 0 Å². The second-order valence-corrected chi connectivity index (χ2v) is 5.15. The van der Waals surface area contributed by atoms with Crippen molar-refractivity contribution in [2.24, 2.45) is 0 Å². The van der Waals surface area contributed by atoms with Gasteiger partial charge in [-0.2, -0.15) is 0 Å². The lowest BCUT2D eigenvalue weighted by molar-refractivity contribution is 0.0687. The highest BCUT2D eigenvalue weighted by molar-refractivity contribution is 7.17. The quantitative estimate of drug-likeness (QED) is 0.857. The molecule has 0 fully saturated rings. The molecule has 20 heavy (non-hydrogen) atoms. The molecule has 1 N–H and O–H groups in total. The molecule has 0 unspecified atom stereocenters. The molecule has 0 atom stereocenters. The van der Waals surface area contributed by atoms with Crippen molar-refractivity contribution in [3.63, 3.8) is 0 Å². The number of hydrogen-bond acceptors (Lipinski definition) is 5. The van der Waals surface area contributed by atoms with E-state index < -0.39 is 5.97 Å². The van der Waals surface area contributed by atoms with Crippen molar-refractivity contribution in [3.8, 4) is 10.6 Å². The second-order valence-electron chi connectivity index (χ2n) is 4.15. The van der Waals surface area contributed by atoms with E-state index >= 15 is 0 Å². The van der Waals surface area contributed by atoms with Gasteiger partial charge in [0.05, 0.1) is 6.61 Å². The molecule has 1 aromatic heterocycles. The number of ketones is 1. The molecule has 0 amide bonds. The summed E-state index contributed by atoms with van der Waals surface area (Å²) in [6.45, 7) is 1.73. The highest BCUT2D eigenvalue weighted by atomic mass is 32.1. The lowest BCUT2D eigenvalue weighted by Gasteiger charge is -2.05. The molecule has 104 valence electrons. The maximum Gasteiger partial charge on any atom is 0.356 e. The molecule has 0 aliphatic rings. The van der Waals surface area contributed by atoms with E-state index in [-0.39, 0.29) is 16.4 Å². The Morgan fingerprint density at radius 2 is 2.05 bits per heavy atom. The third-order valence-corrected chi connectivity index (χ3v) is 3.89. The van der Waals surface area contributed by atoms with Crippen molar-refractivity contribution in [1.29, 1.82) is 0 Å². The molecule has 0 spiro atoms. The third-order valence-electron chi connectivity index (χ3n) is 2.70. The Hall–Kier alpha value is -2.05. The zero-order valence-electron chi connectivity index (χ0n) is 11.0. The second kappa shape index (κ2) is 5.94. The molecule has 0 aliphatic heterocycles. The number of benzene rings is 1. The molecular weight excluding hydrogens is 278 g/mol. The van der Waals surface area contributed by atoms with E-state index in [1.807, 2.05) is 24.3 Å². The summed E-state index contributed by atoms with van der Waals surface area (Å²) in [6.07, 6.45) is 0. The predicted molar refractivity (Wildman–Crippen MR) is 75.2 cm³/mol. The first-order valence-corrected chi connectivity index (χ1v) is 6.68. The number of nitrogens with zero attached hydrogens (tertiary/aromatic N) is 1. The van der Waals surface area contributed by atoms with Crippen molar-refractivity contribution in [1.82, 2.24) is 4.98 Å².